The Kier molecular flexibility index (Phi) is 4.99. The number of carbonyl (C=O) groups excluding carboxylic acids is 2. The molecule has 1 aromatic rings. The van der Waals surface area contributed by atoms with Gasteiger partial charge in [0.25, 0.3) is 0 Å². The predicted octanol–water partition coefficient (Wildman–Crippen LogP) is 2.16. The largest absolute Gasteiger partial charge is 0.355 e. The van der Waals surface area contributed by atoms with Crippen molar-refractivity contribution in [2.24, 2.45) is 5.92 Å². The fourth-order valence-electron chi connectivity index (χ4n) is 2.70. The van der Waals surface area contributed by atoms with Gasteiger partial charge in [-0.15, -0.1) is 0 Å². The minimum atomic E-state index is -0.206. The number of hydrogen-bond acceptors (Lipinski definition) is 2. The van der Waals surface area contributed by atoms with Crippen molar-refractivity contribution >= 4 is 11.8 Å². The molecule has 0 saturated carbocycles. The van der Waals surface area contributed by atoms with Crippen LogP contribution in [0.1, 0.15) is 38.7 Å². The third-order valence-corrected chi connectivity index (χ3v) is 4.10. The van der Waals surface area contributed by atoms with Crippen LogP contribution in [0.3, 0.4) is 0 Å². The summed E-state index contributed by atoms with van der Waals surface area (Å²) < 4.78 is 0. The van der Waals surface area contributed by atoms with Crippen LogP contribution in [0, 0.1) is 5.92 Å². The Labute approximate surface area is 126 Å². The lowest BCUT2D eigenvalue weighted by Crippen LogP contribution is -2.36. The normalized spacial score (nSPS) is 19.9. The van der Waals surface area contributed by atoms with Crippen molar-refractivity contribution in [2.45, 2.75) is 39.2 Å². The fourth-order valence-corrected chi connectivity index (χ4v) is 2.70. The van der Waals surface area contributed by atoms with Crippen LogP contribution in [-0.2, 0) is 9.59 Å². The van der Waals surface area contributed by atoms with E-state index in [1.807, 2.05) is 32.0 Å². The molecule has 0 aliphatic carbocycles. The second-order valence-corrected chi connectivity index (χ2v) is 6.10. The standard InChI is InChI=1S/C17H24N2O2/c1-12(2)19-11-15(9-16(19)20)17(21)18-10-13(3)14-7-5-4-6-8-14/h4-8,12-13,15H,9-11H2,1-3H3,(H,18,21)/t13-,15-/m1/s1. The number of hydrogen-bond donors (Lipinski definition) is 1. The van der Waals surface area contributed by atoms with Gasteiger partial charge >= 0.3 is 0 Å². The number of benzene rings is 1. The van der Waals surface area contributed by atoms with E-state index in [9.17, 15) is 9.59 Å². The maximum Gasteiger partial charge on any atom is 0.225 e. The van der Waals surface area contributed by atoms with Gasteiger partial charge in [0.15, 0.2) is 0 Å². The first-order valence-corrected chi connectivity index (χ1v) is 7.61. The summed E-state index contributed by atoms with van der Waals surface area (Å²) in [5, 5.41) is 2.99. The molecule has 0 radical (unpaired) electrons. The van der Waals surface area contributed by atoms with E-state index >= 15 is 0 Å². The lowest BCUT2D eigenvalue weighted by Gasteiger charge is -2.21. The van der Waals surface area contributed by atoms with E-state index in [2.05, 4.69) is 24.4 Å². The van der Waals surface area contributed by atoms with E-state index in [0.717, 1.165) is 0 Å². The molecule has 114 valence electrons. The van der Waals surface area contributed by atoms with Crippen LogP contribution in [0.5, 0.6) is 0 Å². The van der Waals surface area contributed by atoms with Crippen LogP contribution in [-0.4, -0.2) is 35.8 Å². The summed E-state index contributed by atoms with van der Waals surface area (Å²) in [7, 11) is 0. The van der Waals surface area contributed by atoms with Crippen LogP contribution < -0.4 is 5.32 Å². The SMILES string of the molecule is CC(C)N1C[C@H](C(=O)NC[C@@H](C)c2ccccc2)CC1=O. The van der Waals surface area contributed by atoms with Gasteiger partial charge in [-0.2, -0.15) is 0 Å². The Balaban J connectivity index is 1.84. The van der Waals surface area contributed by atoms with Crippen molar-refractivity contribution in [1.82, 2.24) is 10.2 Å². The van der Waals surface area contributed by atoms with E-state index in [4.69, 9.17) is 0 Å². The zero-order valence-corrected chi connectivity index (χ0v) is 13.0. The zero-order valence-electron chi connectivity index (χ0n) is 13.0. The van der Waals surface area contributed by atoms with Crippen LogP contribution in [0.15, 0.2) is 30.3 Å². The minimum absolute atomic E-state index is 0.00530. The molecule has 1 fully saturated rings. The lowest BCUT2D eigenvalue weighted by atomic mass is 10.0. The third kappa shape index (κ3) is 3.84. The molecule has 0 unspecified atom stereocenters. The van der Waals surface area contributed by atoms with Gasteiger partial charge in [-0.25, -0.2) is 0 Å². The van der Waals surface area contributed by atoms with Crippen molar-refractivity contribution in [3.63, 3.8) is 0 Å². The second-order valence-electron chi connectivity index (χ2n) is 6.10. The molecule has 2 rings (SSSR count). The summed E-state index contributed by atoms with van der Waals surface area (Å²) in [6.45, 7) is 7.21. The van der Waals surface area contributed by atoms with Gasteiger partial charge in [-0.1, -0.05) is 37.3 Å². The Morgan fingerprint density at radius 1 is 1.29 bits per heavy atom. The van der Waals surface area contributed by atoms with Crippen LogP contribution >= 0.6 is 0 Å². The molecule has 4 nitrogen and oxygen atoms in total. The number of carbonyl (C=O) groups is 2. The minimum Gasteiger partial charge on any atom is -0.355 e. The second kappa shape index (κ2) is 6.74. The van der Waals surface area contributed by atoms with E-state index in [-0.39, 0.29) is 29.7 Å². The number of rotatable bonds is 5. The molecule has 1 aromatic carbocycles. The molecular formula is C17H24N2O2. The highest BCUT2D eigenvalue weighted by Crippen LogP contribution is 2.20. The van der Waals surface area contributed by atoms with Crippen molar-refractivity contribution < 1.29 is 9.59 Å². The van der Waals surface area contributed by atoms with Crippen molar-refractivity contribution in [3.05, 3.63) is 35.9 Å². The number of amides is 2. The predicted molar refractivity (Wildman–Crippen MR) is 82.8 cm³/mol. The van der Waals surface area contributed by atoms with Crippen molar-refractivity contribution in [2.75, 3.05) is 13.1 Å². The fraction of sp³-hybridized carbons (Fsp3) is 0.529. The van der Waals surface area contributed by atoms with E-state index < -0.39 is 0 Å². The molecule has 0 spiro atoms. The molecule has 1 aliphatic heterocycles. The van der Waals surface area contributed by atoms with Crippen molar-refractivity contribution in [3.8, 4) is 0 Å². The monoisotopic (exact) mass is 288 g/mol. The molecule has 21 heavy (non-hydrogen) atoms. The smallest absolute Gasteiger partial charge is 0.225 e. The average Bonchev–Trinajstić information content (AvgIpc) is 2.87. The first-order chi connectivity index (χ1) is 9.99. The Bertz CT molecular complexity index is 499. The van der Waals surface area contributed by atoms with Gasteiger partial charge in [0, 0.05) is 25.6 Å². The van der Waals surface area contributed by atoms with E-state index in [1.54, 1.807) is 4.90 Å². The Hall–Kier alpha value is -1.84. The molecule has 0 bridgehead atoms. The molecule has 2 atom stereocenters. The van der Waals surface area contributed by atoms with Gasteiger partial charge < -0.3 is 10.2 Å². The molecule has 1 aliphatic rings. The van der Waals surface area contributed by atoms with Crippen molar-refractivity contribution in [1.29, 1.82) is 0 Å². The summed E-state index contributed by atoms with van der Waals surface area (Å²) in [4.78, 5) is 25.8. The molecule has 1 saturated heterocycles. The van der Waals surface area contributed by atoms with Gasteiger partial charge in [-0.05, 0) is 25.3 Å². The maximum atomic E-state index is 12.2. The quantitative estimate of drug-likeness (QED) is 0.902. The maximum absolute atomic E-state index is 12.2. The number of nitrogens with zero attached hydrogens (tertiary/aromatic N) is 1. The average molecular weight is 288 g/mol. The molecule has 0 aromatic heterocycles. The number of nitrogens with one attached hydrogen (secondary N) is 1. The van der Waals surface area contributed by atoms with Gasteiger partial charge in [0.1, 0.15) is 0 Å². The summed E-state index contributed by atoms with van der Waals surface area (Å²) in [6, 6.07) is 10.3. The van der Waals surface area contributed by atoms with Crippen LogP contribution in [0.4, 0.5) is 0 Å². The highest BCUT2D eigenvalue weighted by Gasteiger charge is 2.35. The topological polar surface area (TPSA) is 49.4 Å². The van der Waals surface area contributed by atoms with Gasteiger partial charge in [0.2, 0.25) is 11.8 Å². The van der Waals surface area contributed by atoms with Gasteiger partial charge in [-0.3, -0.25) is 9.59 Å². The molecule has 1 N–H and O–H groups in total. The summed E-state index contributed by atoms with van der Waals surface area (Å²) >= 11 is 0. The summed E-state index contributed by atoms with van der Waals surface area (Å²) in [5.41, 5.74) is 1.21. The summed E-state index contributed by atoms with van der Waals surface area (Å²) in [6.07, 6.45) is 0.337. The number of likely N-dealkylation sites (tertiary alicyclic amines) is 1. The van der Waals surface area contributed by atoms with Crippen LogP contribution in [0.2, 0.25) is 0 Å². The highest BCUT2D eigenvalue weighted by atomic mass is 16.2. The Morgan fingerprint density at radius 3 is 2.52 bits per heavy atom. The highest BCUT2D eigenvalue weighted by molar-refractivity contribution is 5.89. The first kappa shape index (κ1) is 15.5. The molecular weight excluding hydrogens is 264 g/mol. The molecule has 1 heterocycles. The van der Waals surface area contributed by atoms with Gasteiger partial charge in [0.05, 0.1) is 5.92 Å². The third-order valence-electron chi connectivity index (χ3n) is 4.10. The molecule has 2 amide bonds. The lowest BCUT2D eigenvalue weighted by molar-refractivity contribution is -0.129. The summed E-state index contributed by atoms with van der Waals surface area (Å²) in [5.74, 6) is 0.145. The van der Waals surface area contributed by atoms with Crippen LogP contribution in [0.25, 0.3) is 0 Å². The zero-order chi connectivity index (χ0) is 15.4. The first-order valence-electron chi connectivity index (χ1n) is 7.61. The van der Waals surface area contributed by atoms with E-state index in [1.165, 1.54) is 5.56 Å². The molecule has 4 heteroatoms. The Morgan fingerprint density at radius 2 is 1.95 bits per heavy atom. The van der Waals surface area contributed by atoms with E-state index in [0.29, 0.717) is 19.5 Å².